The Bertz CT molecular complexity index is 395. The van der Waals surface area contributed by atoms with Crippen LogP contribution in [0, 0.1) is 11.7 Å². The van der Waals surface area contributed by atoms with E-state index < -0.39 is 0 Å². The first-order valence-corrected chi connectivity index (χ1v) is 5.91. The molecule has 86 valence electrons. The van der Waals surface area contributed by atoms with E-state index in [0.717, 1.165) is 19.3 Å². The lowest BCUT2D eigenvalue weighted by Gasteiger charge is -2.25. The van der Waals surface area contributed by atoms with Gasteiger partial charge in [-0.2, -0.15) is 0 Å². The van der Waals surface area contributed by atoms with Crippen LogP contribution in [-0.4, -0.2) is 12.2 Å². The summed E-state index contributed by atoms with van der Waals surface area (Å²) in [5, 5.41) is 0. The van der Waals surface area contributed by atoms with Crippen LogP contribution in [0.2, 0.25) is 0 Å². The Labute approximate surface area is 94.6 Å². The molecule has 2 aliphatic rings. The molecule has 0 aromatic heterocycles. The van der Waals surface area contributed by atoms with Gasteiger partial charge in [0.25, 0.3) is 0 Å². The number of rotatable bonds is 2. The third kappa shape index (κ3) is 1.55. The van der Waals surface area contributed by atoms with Crippen LogP contribution in [0.4, 0.5) is 4.39 Å². The lowest BCUT2D eigenvalue weighted by Crippen LogP contribution is -2.29. The van der Waals surface area contributed by atoms with Crippen molar-refractivity contribution in [2.75, 3.05) is 0 Å². The lowest BCUT2D eigenvalue weighted by molar-refractivity contribution is 0.0883. The van der Waals surface area contributed by atoms with Crippen LogP contribution in [0.25, 0.3) is 0 Å². The van der Waals surface area contributed by atoms with Crippen molar-refractivity contribution in [2.45, 2.75) is 37.5 Å². The minimum absolute atomic E-state index is 0.197. The standard InChI is InChI=1S/C13H16FNO/c14-11-4-2-1-3-9(11)13(15)10-7-8-5-6-12(10)16-8/h1-4,8,10,12-13H,5-7,15H2. The third-order valence-electron chi connectivity index (χ3n) is 3.88. The molecule has 2 heterocycles. The first-order chi connectivity index (χ1) is 7.75. The number of hydrogen-bond acceptors (Lipinski definition) is 2. The molecule has 0 saturated carbocycles. The second-order valence-electron chi connectivity index (χ2n) is 4.82. The maximum Gasteiger partial charge on any atom is 0.127 e. The van der Waals surface area contributed by atoms with Gasteiger partial charge in [0.05, 0.1) is 12.2 Å². The molecule has 2 nitrogen and oxygen atoms in total. The first kappa shape index (κ1) is 10.2. The molecule has 3 rings (SSSR count). The molecule has 0 radical (unpaired) electrons. The van der Waals surface area contributed by atoms with Gasteiger partial charge in [-0.25, -0.2) is 4.39 Å². The number of halogens is 1. The Kier molecular flexibility index (Phi) is 2.45. The molecule has 0 spiro atoms. The minimum atomic E-state index is -0.225. The maximum atomic E-state index is 13.6. The number of ether oxygens (including phenoxy) is 1. The predicted octanol–water partition coefficient (Wildman–Crippen LogP) is 2.39. The van der Waals surface area contributed by atoms with Crippen molar-refractivity contribution < 1.29 is 9.13 Å². The minimum Gasteiger partial charge on any atom is -0.375 e. The van der Waals surface area contributed by atoms with E-state index in [1.807, 2.05) is 6.07 Å². The second-order valence-corrected chi connectivity index (χ2v) is 4.82. The van der Waals surface area contributed by atoms with Gasteiger partial charge in [-0.15, -0.1) is 0 Å². The SMILES string of the molecule is NC(c1ccccc1F)C1CC2CCC1O2. The topological polar surface area (TPSA) is 35.2 Å². The van der Waals surface area contributed by atoms with E-state index in [2.05, 4.69) is 0 Å². The van der Waals surface area contributed by atoms with Crippen LogP contribution >= 0.6 is 0 Å². The van der Waals surface area contributed by atoms with E-state index in [9.17, 15) is 4.39 Å². The van der Waals surface area contributed by atoms with Crippen LogP contribution < -0.4 is 5.73 Å². The van der Waals surface area contributed by atoms with E-state index in [0.29, 0.717) is 11.7 Å². The number of hydrogen-bond donors (Lipinski definition) is 1. The normalized spacial score (nSPS) is 34.2. The highest BCUT2D eigenvalue weighted by Gasteiger charge is 2.44. The number of fused-ring (bicyclic) bond motifs is 2. The quantitative estimate of drug-likeness (QED) is 0.832. The monoisotopic (exact) mass is 221 g/mol. The van der Waals surface area contributed by atoms with Crippen molar-refractivity contribution in [3.8, 4) is 0 Å². The van der Waals surface area contributed by atoms with Crippen molar-refractivity contribution in [1.82, 2.24) is 0 Å². The van der Waals surface area contributed by atoms with Gasteiger partial charge in [-0.05, 0) is 25.3 Å². The van der Waals surface area contributed by atoms with Gasteiger partial charge < -0.3 is 10.5 Å². The fourth-order valence-electron chi connectivity index (χ4n) is 3.03. The Morgan fingerprint density at radius 3 is 2.75 bits per heavy atom. The Morgan fingerprint density at radius 2 is 2.12 bits per heavy atom. The summed E-state index contributed by atoms with van der Waals surface area (Å²) in [6.45, 7) is 0. The summed E-state index contributed by atoms with van der Waals surface area (Å²) in [6.07, 6.45) is 3.83. The Morgan fingerprint density at radius 1 is 1.31 bits per heavy atom. The summed E-state index contributed by atoms with van der Waals surface area (Å²) in [7, 11) is 0. The fourth-order valence-corrected chi connectivity index (χ4v) is 3.03. The van der Waals surface area contributed by atoms with Gasteiger partial charge >= 0.3 is 0 Å². The van der Waals surface area contributed by atoms with Gasteiger partial charge in [0.1, 0.15) is 5.82 Å². The summed E-state index contributed by atoms with van der Waals surface area (Å²) in [5.41, 5.74) is 6.80. The largest absolute Gasteiger partial charge is 0.375 e. The molecule has 3 heteroatoms. The average Bonchev–Trinajstić information content (AvgIpc) is 2.90. The maximum absolute atomic E-state index is 13.6. The Hall–Kier alpha value is -0.930. The number of nitrogens with two attached hydrogens (primary N) is 1. The van der Waals surface area contributed by atoms with Gasteiger partial charge in [0, 0.05) is 17.5 Å². The van der Waals surface area contributed by atoms with E-state index >= 15 is 0 Å². The molecule has 2 N–H and O–H groups in total. The zero-order valence-corrected chi connectivity index (χ0v) is 9.10. The smallest absolute Gasteiger partial charge is 0.127 e. The number of benzene rings is 1. The molecule has 2 fully saturated rings. The molecule has 2 saturated heterocycles. The molecule has 0 aliphatic carbocycles. The fraction of sp³-hybridized carbons (Fsp3) is 0.538. The molecule has 4 unspecified atom stereocenters. The first-order valence-electron chi connectivity index (χ1n) is 5.91. The van der Waals surface area contributed by atoms with E-state index in [-0.39, 0.29) is 23.9 Å². The Balaban J connectivity index is 1.83. The summed E-state index contributed by atoms with van der Waals surface area (Å²) in [6, 6.07) is 6.57. The zero-order valence-electron chi connectivity index (χ0n) is 9.10. The zero-order chi connectivity index (χ0) is 11.1. The van der Waals surface area contributed by atoms with E-state index in [1.165, 1.54) is 6.07 Å². The second kappa shape index (κ2) is 3.82. The van der Waals surface area contributed by atoms with Gasteiger partial charge in [0.15, 0.2) is 0 Å². The summed E-state index contributed by atoms with van der Waals surface area (Å²) >= 11 is 0. The van der Waals surface area contributed by atoms with Crippen molar-refractivity contribution in [3.63, 3.8) is 0 Å². The van der Waals surface area contributed by atoms with Crippen LogP contribution in [0.15, 0.2) is 24.3 Å². The molecular formula is C13H16FNO. The predicted molar refractivity (Wildman–Crippen MR) is 59.3 cm³/mol. The molecule has 16 heavy (non-hydrogen) atoms. The molecule has 1 aromatic rings. The van der Waals surface area contributed by atoms with Crippen LogP contribution in [0.5, 0.6) is 0 Å². The summed E-state index contributed by atoms with van der Waals surface area (Å²) < 4.78 is 19.4. The third-order valence-corrected chi connectivity index (χ3v) is 3.88. The van der Waals surface area contributed by atoms with Crippen molar-refractivity contribution in [2.24, 2.45) is 11.7 Å². The lowest BCUT2D eigenvalue weighted by atomic mass is 9.81. The van der Waals surface area contributed by atoms with E-state index in [1.54, 1.807) is 12.1 Å². The van der Waals surface area contributed by atoms with Gasteiger partial charge in [-0.3, -0.25) is 0 Å². The molecule has 1 aromatic carbocycles. The highest BCUT2D eigenvalue weighted by atomic mass is 19.1. The molecule has 4 atom stereocenters. The van der Waals surface area contributed by atoms with Gasteiger partial charge in [-0.1, -0.05) is 18.2 Å². The van der Waals surface area contributed by atoms with Crippen LogP contribution in [0.1, 0.15) is 30.9 Å². The highest BCUT2D eigenvalue weighted by molar-refractivity contribution is 5.22. The molecule has 0 amide bonds. The molecule has 2 bridgehead atoms. The van der Waals surface area contributed by atoms with E-state index in [4.69, 9.17) is 10.5 Å². The van der Waals surface area contributed by atoms with Crippen molar-refractivity contribution in [3.05, 3.63) is 35.6 Å². The van der Waals surface area contributed by atoms with Crippen molar-refractivity contribution in [1.29, 1.82) is 0 Å². The molecule has 2 aliphatic heterocycles. The van der Waals surface area contributed by atoms with Gasteiger partial charge in [0.2, 0.25) is 0 Å². The van der Waals surface area contributed by atoms with Crippen LogP contribution in [-0.2, 0) is 4.74 Å². The summed E-state index contributed by atoms with van der Waals surface area (Å²) in [5.74, 6) is 0.0911. The summed E-state index contributed by atoms with van der Waals surface area (Å²) in [4.78, 5) is 0. The average molecular weight is 221 g/mol. The van der Waals surface area contributed by atoms with Crippen molar-refractivity contribution >= 4 is 0 Å². The highest BCUT2D eigenvalue weighted by Crippen LogP contribution is 2.44. The molecular weight excluding hydrogens is 205 g/mol. The van der Waals surface area contributed by atoms with Crippen LogP contribution in [0.3, 0.4) is 0 Å².